The molecular formula is C15H18Cl2N2O3. The summed E-state index contributed by atoms with van der Waals surface area (Å²) in [5, 5.41) is 3.74. The van der Waals surface area contributed by atoms with E-state index in [4.69, 9.17) is 32.7 Å². The van der Waals surface area contributed by atoms with E-state index in [-0.39, 0.29) is 12.3 Å². The van der Waals surface area contributed by atoms with Gasteiger partial charge in [-0.25, -0.2) is 4.79 Å². The van der Waals surface area contributed by atoms with Crippen LogP contribution in [0.2, 0.25) is 10.0 Å². The molecular weight excluding hydrogens is 327 g/mol. The van der Waals surface area contributed by atoms with E-state index in [2.05, 4.69) is 5.32 Å². The maximum absolute atomic E-state index is 12.3. The highest BCUT2D eigenvalue weighted by Crippen LogP contribution is 2.27. The Morgan fingerprint density at radius 2 is 1.82 bits per heavy atom. The molecule has 22 heavy (non-hydrogen) atoms. The van der Waals surface area contributed by atoms with Gasteiger partial charge in [0.25, 0.3) is 0 Å². The predicted molar refractivity (Wildman–Crippen MR) is 85.5 cm³/mol. The first-order valence-corrected chi connectivity index (χ1v) is 8.13. The molecule has 0 spiro atoms. The summed E-state index contributed by atoms with van der Waals surface area (Å²) in [5.74, 6) is 0.372. The van der Waals surface area contributed by atoms with Crippen LogP contribution in [0.5, 0.6) is 0 Å². The van der Waals surface area contributed by atoms with Crippen LogP contribution in [0, 0.1) is 5.92 Å². The maximum atomic E-state index is 12.3. The number of nitrogens with one attached hydrogen (secondary N) is 1. The molecule has 0 aliphatic carbocycles. The maximum Gasteiger partial charge on any atom is 0.321 e. The molecule has 0 radical (unpaired) electrons. The molecule has 2 fully saturated rings. The second-order valence-electron chi connectivity index (χ2n) is 5.49. The summed E-state index contributed by atoms with van der Waals surface area (Å²) in [6.45, 7) is 2.73. The van der Waals surface area contributed by atoms with Crippen molar-refractivity contribution in [3.05, 3.63) is 28.2 Å². The third-order valence-electron chi connectivity index (χ3n) is 4.03. The van der Waals surface area contributed by atoms with E-state index in [0.717, 1.165) is 12.8 Å². The van der Waals surface area contributed by atoms with Gasteiger partial charge in [-0.2, -0.15) is 0 Å². The van der Waals surface area contributed by atoms with Gasteiger partial charge < -0.3 is 19.7 Å². The van der Waals surface area contributed by atoms with E-state index in [1.165, 1.54) is 0 Å². The zero-order valence-corrected chi connectivity index (χ0v) is 13.6. The van der Waals surface area contributed by atoms with Crippen LogP contribution >= 0.6 is 23.2 Å². The fourth-order valence-electron chi connectivity index (χ4n) is 2.80. The average molecular weight is 345 g/mol. The second-order valence-corrected chi connectivity index (χ2v) is 6.31. The molecule has 2 saturated heterocycles. The van der Waals surface area contributed by atoms with E-state index in [0.29, 0.717) is 48.0 Å². The van der Waals surface area contributed by atoms with Crippen LogP contribution < -0.4 is 5.32 Å². The number of amides is 2. The number of anilines is 1. The number of likely N-dealkylation sites (tertiary alicyclic amines) is 1. The van der Waals surface area contributed by atoms with Crippen molar-refractivity contribution in [3.63, 3.8) is 0 Å². The molecule has 1 N–H and O–H groups in total. The van der Waals surface area contributed by atoms with E-state index < -0.39 is 0 Å². The van der Waals surface area contributed by atoms with Crippen molar-refractivity contribution in [3.8, 4) is 0 Å². The molecule has 0 unspecified atom stereocenters. The lowest BCUT2D eigenvalue weighted by Gasteiger charge is -2.33. The number of carbonyl (C=O) groups excluding carboxylic acids is 1. The Morgan fingerprint density at radius 3 is 2.45 bits per heavy atom. The summed E-state index contributed by atoms with van der Waals surface area (Å²) in [5.41, 5.74) is 0.643. The van der Waals surface area contributed by atoms with E-state index in [1.54, 1.807) is 23.1 Å². The number of nitrogens with zero attached hydrogens (tertiary/aromatic N) is 1. The fraction of sp³-hybridized carbons (Fsp3) is 0.533. The Kier molecular flexibility index (Phi) is 5.08. The Hall–Kier alpha value is -1.01. The number of benzene rings is 1. The number of hydrogen-bond donors (Lipinski definition) is 1. The van der Waals surface area contributed by atoms with Crippen LogP contribution in [0.3, 0.4) is 0 Å². The Morgan fingerprint density at radius 1 is 1.14 bits per heavy atom. The predicted octanol–water partition coefficient (Wildman–Crippen LogP) is 3.61. The minimum Gasteiger partial charge on any atom is -0.350 e. The van der Waals surface area contributed by atoms with Gasteiger partial charge in [-0.3, -0.25) is 0 Å². The Bertz CT molecular complexity index is 542. The topological polar surface area (TPSA) is 50.8 Å². The summed E-state index contributed by atoms with van der Waals surface area (Å²) in [6.07, 6.45) is 1.68. The van der Waals surface area contributed by atoms with Crippen molar-refractivity contribution >= 4 is 34.9 Å². The highest BCUT2D eigenvalue weighted by Gasteiger charge is 2.31. The molecule has 7 heteroatoms. The van der Waals surface area contributed by atoms with Crippen LogP contribution in [0.15, 0.2) is 18.2 Å². The van der Waals surface area contributed by atoms with Gasteiger partial charge in [-0.15, -0.1) is 0 Å². The molecule has 120 valence electrons. The molecule has 0 atom stereocenters. The average Bonchev–Trinajstić information content (AvgIpc) is 3.05. The normalized spacial score (nSPS) is 20.4. The molecule has 1 aromatic carbocycles. The van der Waals surface area contributed by atoms with Gasteiger partial charge in [-0.1, -0.05) is 23.2 Å². The van der Waals surface area contributed by atoms with Crippen molar-refractivity contribution in [2.45, 2.75) is 19.1 Å². The van der Waals surface area contributed by atoms with Gasteiger partial charge in [-0.05, 0) is 31.0 Å². The molecule has 5 nitrogen and oxygen atoms in total. The van der Waals surface area contributed by atoms with Crippen LogP contribution in [-0.4, -0.2) is 43.5 Å². The number of ether oxygens (including phenoxy) is 2. The lowest BCUT2D eigenvalue weighted by molar-refractivity contribution is -0.0950. The van der Waals surface area contributed by atoms with Crippen LogP contribution in [0.4, 0.5) is 10.5 Å². The smallest absolute Gasteiger partial charge is 0.321 e. The third-order valence-corrected chi connectivity index (χ3v) is 4.77. The Labute approximate surface area is 139 Å². The minimum absolute atomic E-state index is 0.0970. The van der Waals surface area contributed by atoms with Crippen molar-refractivity contribution in [1.29, 1.82) is 0 Å². The molecule has 2 aliphatic heterocycles. The zero-order valence-electron chi connectivity index (χ0n) is 12.1. The molecule has 0 saturated carbocycles. The van der Waals surface area contributed by atoms with Gasteiger partial charge in [0.2, 0.25) is 0 Å². The molecule has 2 amide bonds. The van der Waals surface area contributed by atoms with Crippen molar-refractivity contribution in [2.75, 3.05) is 31.6 Å². The van der Waals surface area contributed by atoms with E-state index in [9.17, 15) is 4.79 Å². The van der Waals surface area contributed by atoms with E-state index >= 15 is 0 Å². The lowest BCUT2D eigenvalue weighted by atomic mass is 9.96. The minimum atomic E-state index is -0.120. The van der Waals surface area contributed by atoms with Gasteiger partial charge in [0.1, 0.15) is 0 Å². The number of carbonyl (C=O) groups is 1. The van der Waals surface area contributed by atoms with Gasteiger partial charge in [0.15, 0.2) is 6.29 Å². The third kappa shape index (κ3) is 3.66. The van der Waals surface area contributed by atoms with Gasteiger partial charge >= 0.3 is 6.03 Å². The largest absolute Gasteiger partial charge is 0.350 e. The summed E-state index contributed by atoms with van der Waals surface area (Å²) in [6, 6.07) is 4.93. The number of rotatable bonds is 2. The molecule has 2 aliphatic rings. The van der Waals surface area contributed by atoms with Gasteiger partial charge in [0.05, 0.1) is 23.3 Å². The highest BCUT2D eigenvalue weighted by molar-refractivity contribution is 6.42. The van der Waals surface area contributed by atoms with Crippen molar-refractivity contribution in [2.24, 2.45) is 5.92 Å². The molecule has 3 rings (SSSR count). The lowest BCUT2D eigenvalue weighted by Crippen LogP contribution is -2.43. The van der Waals surface area contributed by atoms with Crippen LogP contribution in [-0.2, 0) is 9.47 Å². The number of urea groups is 1. The Balaban J connectivity index is 1.52. The molecule has 0 bridgehead atoms. The monoisotopic (exact) mass is 344 g/mol. The summed E-state index contributed by atoms with van der Waals surface area (Å²) < 4.78 is 11.1. The number of hydrogen-bond acceptors (Lipinski definition) is 3. The molecule has 1 aromatic rings. The summed E-state index contributed by atoms with van der Waals surface area (Å²) in [4.78, 5) is 14.1. The number of halogens is 2. The SMILES string of the molecule is O=C(Nc1ccc(Cl)c(Cl)c1)N1CCC(C2OCCO2)CC1. The first kappa shape index (κ1) is 15.9. The first-order chi connectivity index (χ1) is 10.6. The van der Waals surface area contributed by atoms with Gasteiger partial charge in [0, 0.05) is 24.7 Å². The standard InChI is InChI=1S/C15H18Cl2N2O3/c16-12-2-1-11(9-13(12)17)18-15(20)19-5-3-10(4-6-19)14-21-7-8-22-14/h1-2,9-10,14H,3-8H2,(H,18,20). The van der Waals surface area contributed by atoms with Crippen molar-refractivity contribution in [1.82, 2.24) is 4.90 Å². The number of piperidine rings is 1. The van der Waals surface area contributed by atoms with Crippen LogP contribution in [0.1, 0.15) is 12.8 Å². The molecule has 2 heterocycles. The summed E-state index contributed by atoms with van der Waals surface area (Å²) >= 11 is 11.8. The highest BCUT2D eigenvalue weighted by atomic mass is 35.5. The first-order valence-electron chi connectivity index (χ1n) is 7.37. The molecule has 0 aromatic heterocycles. The summed E-state index contributed by atoms with van der Waals surface area (Å²) in [7, 11) is 0. The fourth-order valence-corrected chi connectivity index (χ4v) is 3.10. The van der Waals surface area contributed by atoms with Crippen molar-refractivity contribution < 1.29 is 14.3 Å². The second kappa shape index (κ2) is 7.04. The quantitative estimate of drug-likeness (QED) is 0.891. The van der Waals surface area contributed by atoms with Crippen LogP contribution in [0.25, 0.3) is 0 Å². The van der Waals surface area contributed by atoms with E-state index in [1.807, 2.05) is 0 Å². The zero-order chi connectivity index (χ0) is 15.5.